The average molecular weight is 395 g/mol. The molecule has 4 heteroatoms. The van der Waals surface area contributed by atoms with Crippen molar-refractivity contribution in [2.75, 3.05) is 0 Å². The fourth-order valence-corrected chi connectivity index (χ4v) is 5.18. The van der Waals surface area contributed by atoms with Crippen molar-refractivity contribution in [3.63, 3.8) is 0 Å². The van der Waals surface area contributed by atoms with Gasteiger partial charge in [-0.25, -0.2) is 0 Å². The van der Waals surface area contributed by atoms with Crippen LogP contribution in [0, 0.1) is 13.8 Å². The van der Waals surface area contributed by atoms with E-state index in [0.29, 0.717) is 0 Å². The van der Waals surface area contributed by atoms with E-state index in [9.17, 15) is 0 Å². The van der Waals surface area contributed by atoms with Gasteiger partial charge < -0.3 is 9.97 Å². The number of hydrogen-bond acceptors (Lipinski definition) is 2. The number of rotatable bonds is 1. The Balaban J connectivity index is 1.47. The fraction of sp³-hybridized carbons (Fsp3) is 0.308. The largest absolute Gasteiger partial charge is 0.358 e. The molecule has 0 aliphatic heterocycles. The van der Waals surface area contributed by atoms with Crippen molar-refractivity contribution < 1.29 is 0 Å². The predicted octanol–water partition coefficient (Wildman–Crippen LogP) is 6.13. The van der Waals surface area contributed by atoms with Crippen LogP contribution < -0.4 is 0 Å². The Morgan fingerprint density at radius 3 is 2.20 bits per heavy atom. The van der Waals surface area contributed by atoms with E-state index in [2.05, 4.69) is 60.2 Å². The maximum absolute atomic E-state index is 4.85. The molecule has 2 aliphatic rings. The van der Waals surface area contributed by atoms with Crippen LogP contribution >= 0.6 is 0 Å². The summed E-state index contributed by atoms with van der Waals surface area (Å²) >= 11 is 0. The van der Waals surface area contributed by atoms with Gasteiger partial charge in [-0.05, 0) is 82.2 Å². The van der Waals surface area contributed by atoms with Gasteiger partial charge in [0.05, 0.1) is 17.1 Å². The quantitative estimate of drug-likeness (QED) is 0.365. The van der Waals surface area contributed by atoms with Gasteiger partial charge in [0.2, 0.25) is 0 Å². The highest BCUT2D eigenvalue weighted by Gasteiger charge is 2.23. The van der Waals surface area contributed by atoms with E-state index >= 15 is 0 Å². The topological polar surface area (TPSA) is 56.3 Å². The molecule has 0 spiro atoms. The van der Waals surface area contributed by atoms with E-state index < -0.39 is 0 Å². The molecule has 2 aromatic heterocycles. The maximum atomic E-state index is 4.85. The molecule has 4 aromatic rings. The van der Waals surface area contributed by atoms with E-state index in [1.165, 1.54) is 55.4 Å². The zero-order chi connectivity index (χ0) is 20.2. The second-order valence-electron chi connectivity index (χ2n) is 8.86. The molecule has 2 aromatic carbocycles. The van der Waals surface area contributed by atoms with Crippen molar-refractivity contribution in [3.05, 3.63) is 70.0 Å². The first-order valence-electron chi connectivity index (χ1n) is 11.0. The van der Waals surface area contributed by atoms with E-state index in [-0.39, 0.29) is 0 Å². The Labute approximate surface area is 176 Å². The minimum atomic E-state index is 0.982. The lowest BCUT2D eigenvalue weighted by atomic mass is 9.93. The highest BCUT2D eigenvalue weighted by Crippen LogP contribution is 2.32. The third-order valence-electron chi connectivity index (χ3n) is 6.64. The highest BCUT2D eigenvalue weighted by molar-refractivity contribution is 6.13. The summed E-state index contributed by atoms with van der Waals surface area (Å²) in [6.45, 7) is 4.31. The van der Waals surface area contributed by atoms with Gasteiger partial charge in [-0.1, -0.05) is 23.3 Å². The normalized spacial score (nSPS) is 19.0. The van der Waals surface area contributed by atoms with Crippen molar-refractivity contribution in [1.82, 2.24) is 9.97 Å². The van der Waals surface area contributed by atoms with Crippen LogP contribution in [-0.2, 0) is 12.8 Å². The molecule has 0 fully saturated rings. The smallest absolute Gasteiger partial charge is 0.0868 e. The summed E-state index contributed by atoms with van der Waals surface area (Å²) < 4.78 is 0. The minimum absolute atomic E-state index is 0.982. The minimum Gasteiger partial charge on any atom is -0.358 e. The van der Waals surface area contributed by atoms with Crippen LogP contribution in [0.3, 0.4) is 0 Å². The first-order valence-corrected chi connectivity index (χ1v) is 11.0. The van der Waals surface area contributed by atoms with Crippen LogP contribution in [0.4, 0.5) is 0 Å². The number of H-pyrrole nitrogens is 2. The zero-order valence-corrected chi connectivity index (χ0v) is 17.6. The van der Waals surface area contributed by atoms with E-state index in [1.54, 1.807) is 0 Å². The number of nitrogens with zero attached hydrogens (tertiary/aromatic N) is 2. The number of aromatic amines is 2. The van der Waals surface area contributed by atoms with Crippen LogP contribution in [0.25, 0.3) is 21.8 Å². The van der Waals surface area contributed by atoms with Crippen LogP contribution in [0.1, 0.15) is 59.3 Å². The lowest BCUT2D eigenvalue weighted by Crippen LogP contribution is -2.13. The van der Waals surface area contributed by atoms with Crippen molar-refractivity contribution in [2.45, 2.75) is 52.4 Å². The van der Waals surface area contributed by atoms with Gasteiger partial charge in [0.25, 0.3) is 0 Å². The summed E-state index contributed by atoms with van der Waals surface area (Å²) in [6.07, 6.45) is 6.43. The van der Waals surface area contributed by atoms with Gasteiger partial charge in [0, 0.05) is 33.1 Å². The molecular formula is C26H26N4. The van der Waals surface area contributed by atoms with Gasteiger partial charge in [-0.3, -0.25) is 0 Å². The summed E-state index contributed by atoms with van der Waals surface area (Å²) in [5.74, 6) is 0. The number of benzene rings is 2. The molecule has 2 heterocycles. The van der Waals surface area contributed by atoms with E-state index in [4.69, 9.17) is 10.2 Å². The average Bonchev–Trinajstić information content (AvgIpc) is 3.30. The summed E-state index contributed by atoms with van der Waals surface area (Å²) in [7, 11) is 0. The fourth-order valence-electron chi connectivity index (χ4n) is 5.18. The van der Waals surface area contributed by atoms with Crippen LogP contribution in [0.5, 0.6) is 0 Å². The molecule has 6 rings (SSSR count). The predicted molar refractivity (Wildman–Crippen MR) is 125 cm³/mol. The molecule has 0 radical (unpaired) electrons. The van der Waals surface area contributed by atoms with Crippen molar-refractivity contribution in [1.29, 1.82) is 0 Å². The monoisotopic (exact) mass is 394 g/mol. The lowest BCUT2D eigenvalue weighted by molar-refractivity contribution is 0.815. The molecule has 2 aliphatic carbocycles. The summed E-state index contributed by atoms with van der Waals surface area (Å²) in [5, 5.41) is 12.3. The van der Waals surface area contributed by atoms with Gasteiger partial charge in [-0.2, -0.15) is 10.2 Å². The van der Waals surface area contributed by atoms with E-state index in [0.717, 1.165) is 49.9 Å². The van der Waals surface area contributed by atoms with E-state index in [1.807, 2.05) is 0 Å². The maximum Gasteiger partial charge on any atom is 0.0868 e. The Bertz CT molecular complexity index is 1360. The van der Waals surface area contributed by atoms with Gasteiger partial charge >= 0.3 is 0 Å². The Morgan fingerprint density at radius 2 is 1.37 bits per heavy atom. The molecule has 0 bridgehead atoms. The molecule has 0 saturated carbocycles. The first-order chi connectivity index (χ1) is 14.7. The van der Waals surface area contributed by atoms with Crippen molar-refractivity contribution >= 4 is 33.2 Å². The summed E-state index contributed by atoms with van der Waals surface area (Å²) in [4.78, 5) is 7.24. The molecular weight excluding hydrogens is 368 g/mol. The summed E-state index contributed by atoms with van der Waals surface area (Å²) in [6, 6.07) is 13.3. The Kier molecular flexibility index (Phi) is 3.95. The molecule has 4 nitrogen and oxygen atoms in total. The number of nitrogens with one attached hydrogen (secondary N) is 2. The van der Waals surface area contributed by atoms with Crippen molar-refractivity contribution in [3.8, 4) is 0 Å². The molecule has 2 N–H and O–H groups in total. The molecule has 0 atom stereocenters. The van der Waals surface area contributed by atoms with Crippen LogP contribution in [0.15, 0.2) is 46.6 Å². The molecule has 0 saturated heterocycles. The molecule has 150 valence electrons. The first kappa shape index (κ1) is 17.7. The van der Waals surface area contributed by atoms with Gasteiger partial charge in [-0.15, -0.1) is 0 Å². The Morgan fingerprint density at radius 1 is 0.700 bits per heavy atom. The standard InChI is InChI=1S/C26H26N4/c1-15-9-11-20-18(13-15)17-5-3-8-24(26(17)28-20)30-29-23-7-4-6-22-25(23)19-14-16(2)10-12-21(19)27-22/h9-14,27-28H,3-8H2,1-2H3. The highest BCUT2D eigenvalue weighted by atomic mass is 15.2. The summed E-state index contributed by atoms with van der Waals surface area (Å²) in [5.41, 5.74) is 12.4. The third-order valence-corrected chi connectivity index (χ3v) is 6.64. The van der Waals surface area contributed by atoms with Crippen molar-refractivity contribution in [2.24, 2.45) is 10.2 Å². The number of fused-ring (bicyclic) bond motifs is 6. The SMILES string of the molecule is Cc1ccc2[nH]c3c(c2c1)CCCC3=NN=C1CCCc2[nH]c3ccc(C)cc3c21. The number of hydrogen-bond donors (Lipinski definition) is 2. The number of aromatic nitrogens is 2. The molecule has 0 unspecified atom stereocenters. The number of aryl methyl sites for hydroxylation is 4. The lowest BCUT2D eigenvalue weighted by Gasteiger charge is -2.15. The molecule has 30 heavy (non-hydrogen) atoms. The third kappa shape index (κ3) is 2.74. The zero-order valence-electron chi connectivity index (χ0n) is 17.6. The second-order valence-corrected chi connectivity index (χ2v) is 8.86. The second kappa shape index (κ2) is 6.69. The van der Waals surface area contributed by atoms with Gasteiger partial charge in [0.1, 0.15) is 0 Å². The van der Waals surface area contributed by atoms with Crippen LogP contribution in [0.2, 0.25) is 0 Å². The molecule has 0 amide bonds. The Hall–Kier alpha value is -3.14. The van der Waals surface area contributed by atoms with Crippen LogP contribution in [-0.4, -0.2) is 21.4 Å². The van der Waals surface area contributed by atoms with Gasteiger partial charge in [0.15, 0.2) is 0 Å².